The van der Waals surface area contributed by atoms with Gasteiger partial charge in [-0.25, -0.2) is 9.67 Å². The first-order valence-corrected chi connectivity index (χ1v) is 8.35. The third-order valence-corrected chi connectivity index (χ3v) is 4.13. The lowest BCUT2D eigenvalue weighted by molar-refractivity contribution is 0.0945. The Kier molecular flexibility index (Phi) is 4.18. The number of aromatic nitrogens is 5. The van der Waals surface area contributed by atoms with Crippen LogP contribution in [0.25, 0.3) is 5.65 Å². The summed E-state index contributed by atoms with van der Waals surface area (Å²) in [5.41, 5.74) is 4.15. The molecule has 0 saturated heterocycles. The summed E-state index contributed by atoms with van der Waals surface area (Å²) in [6.07, 6.45) is 3.58. The molecule has 0 aliphatic carbocycles. The van der Waals surface area contributed by atoms with Crippen molar-refractivity contribution in [3.63, 3.8) is 0 Å². The number of amides is 1. The van der Waals surface area contributed by atoms with Gasteiger partial charge >= 0.3 is 0 Å². The highest BCUT2D eigenvalue weighted by Crippen LogP contribution is 2.08. The van der Waals surface area contributed by atoms with Gasteiger partial charge in [0.1, 0.15) is 5.65 Å². The number of nitrogens with zero attached hydrogens (tertiary/aromatic N) is 5. The molecular weight excluding hydrogens is 328 g/mol. The fourth-order valence-corrected chi connectivity index (χ4v) is 2.80. The number of fused-ring (bicyclic) bond motifs is 1. The maximum absolute atomic E-state index is 12.3. The molecule has 0 aliphatic heterocycles. The van der Waals surface area contributed by atoms with Crippen LogP contribution in [0.2, 0.25) is 0 Å². The van der Waals surface area contributed by atoms with Gasteiger partial charge in [0.2, 0.25) is 0 Å². The molecule has 0 fully saturated rings. The van der Waals surface area contributed by atoms with Gasteiger partial charge in [0, 0.05) is 11.9 Å². The molecule has 4 rings (SSSR count). The van der Waals surface area contributed by atoms with Crippen molar-refractivity contribution in [1.82, 2.24) is 29.7 Å². The smallest absolute Gasteiger partial charge is 0.273 e. The summed E-state index contributed by atoms with van der Waals surface area (Å²) in [6.45, 7) is 2.93. The molecule has 26 heavy (non-hydrogen) atoms. The third kappa shape index (κ3) is 3.32. The maximum atomic E-state index is 12.3. The molecule has 0 radical (unpaired) electrons. The van der Waals surface area contributed by atoms with Crippen LogP contribution in [0.3, 0.4) is 0 Å². The van der Waals surface area contributed by atoms with Crippen LogP contribution in [0.1, 0.15) is 27.4 Å². The number of rotatable bonds is 5. The Morgan fingerprint density at radius 3 is 2.73 bits per heavy atom. The topological polar surface area (TPSA) is 77.1 Å². The number of hydrogen-bond donors (Lipinski definition) is 1. The standard InChI is InChI=1S/C19H18N6O/c1-14-6-5-9-18-21-16(12-25(14)18)10-20-19(26)17-13-24(23-22-17)11-15-7-3-2-4-8-15/h2-9,12-13H,10-11H2,1H3,(H,20,26). The molecule has 0 spiro atoms. The number of pyridine rings is 1. The van der Waals surface area contributed by atoms with Gasteiger partial charge in [-0.1, -0.05) is 41.6 Å². The summed E-state index contributed by atoms with van der Waals surface area (Å²) in [4.78, 5) is 16.8. The van der Waals surface area contributed by atoms with Gasteiger partial charge in [-0.3, -0.25) is 4.79 Å². The minimum absolute atomic E-state index is 0.266. The van der Waals surface area contributed by atoms with E-state index in [1.807, 2.05) is 66.1 Å². The summed E-state index contributed by atoms with van der Waals surface area (Å²) in [5.74, 6) is -0.266. The van der Waals surface area contributed by atoms with Gasteiger partial charge in [0.15, 0.2) is 5.69 Å². The molecule has 3 heterocycles. The van der Waals surface area contributed by atoms with Gasteiger partial charge in [-0.05, 0) is 24.6 Å². The quantitative estimate of drug-likeness (QED) is 0.601. The highest BCUT2D eigenvalue weighted by molar-refractivity contribution is 5.91. The SMILES string of the molecule is Cc1cccc2nc(CNC(=O)c3cn(Cc4ccccc4)nn3)cn12. The zero-order valence-electron chi connectivity index (χ0n) is 14.3. The monoisotopic (exact) mass is 346 g/mol. The first-order valence-electron chi connectivity index (χ1n) is 8.35. The van der Waals surface area contributed by atoms with E-state index in [9.17, 15) is 4.79 Å². The number of imidazole rings is 1. The van der Waals surface area contributed by atoms with Crippen molar-refractivity contribution in [2.45, 2.75) is 20.0 Å². The van der Waals surface area contributed by atoms with Gasteiger partial charge in [-0.15, -0.1) is 5.10 Å². The summed E-state index contributed by atoms with van der Waals surface area (Å²) in [5, 5.41) is 10.8. The van der Waals surface area contributed by atoms with Crippen LogP contribution in [0.5, 0.6) is 0 Å². The van der Waals surface area contributed by atoms with Crippen LogP contribution in [-0.2, 0) is 13.1 Å². The van der Waals surface area contributed by atoms with E-state index in [0.717, 1.165) is 22.6 Å². The van der Waals surface area contributed by atoms with E-state index in [-0.39, 0.29) is 5.91 Å². The van der Waals surface area contributed by atoms with Gasteiger partial charge in [-0.2, -0.15) is 0 Å². The molecule has 130 valence electrons. The number of hydrogen-bond acceptors (Lipinski definition) is 4. The predicted molar refractivity (Wildman–Crippen MR) is 96.7 cm³/mol. The molecule has 0 bridgehead atoms. The lowest BCUT2D eigenvalue weighted by Crippen LogP contribution is -2.23. The molecule has 7 nitrogen and oxygen atoms in total. The molecule has 0 saturated carbocycles. The van der Waals surface area contributed by atoms with E-state index in [4.69, 9.17) is 0 Å². The van der Waals surface area contributed by atoms with E-state index in [2.05, 4.69) is 20.6 Å². The van der Waals surface area contributed by atoms with Crippen LogP contribution in [-0.4, -0.2) is 30.3 Å². The van der Waals surface area contributed by atoms with Crippen molar-refractivity contribution in [2.24, 2.45) is 0 Å². The van der Waals surface area contributed by atoms with Crippen molar-refractivity contribution in [1.29, 1.82) is 0 Å². The number of carbonyl (C=O) groups is 1. The zero-order valence-corrected chi connectivity index (χ0v) is 14.3. The minimum atomic E-state index is -0.266. The summed E-state index contributed by atoms with van der Waals surface area (Å²) < 4.78 is 3.65. The second-order valence-electron chi connectivity index (χ2n) is 6.10. The van der Waals surface area contributed by atoms with Gasteiger partial charge < -0.3 is 9.72 Å². The van der Waals surface area contributed by atoms with E-state index in [1.165, 1.54) is 0 Å². The van der Waals surface area contributed by atoms with E-state index >= 15 is 0 Å². The van der Waals surface area contributed by atoms with Gasteiger partial charge in [0.25, 0.3) is 5.91 Å². The first-order chi connectivity index (χ1) is 12.7. The molecule has 1 aromatic carbocycles. The lowest BCUT2D eigenvalue weighted by Gasteiger charge is -2.00. The summed E-state index contributed by atoms with van der Waals surface area (Å²) in [7, 11) is 0. The second kappa shape index (κ2) is 6.79. The Labute approximate surface area is 150 Å². The summed E-state index contributed by atoms with van der Waals surface area (Å²) in [6, 6.07) is 15.8. The highest BCUT2D eigenvalue weighted by atomic mass is 16.2. The van der Waals surface area contributed by atoms with Crippen molar-refractivity contribution in [3.8, 4) is 0 Å². The molecule has 1 N–H and O–H groups in total. The highest BCUT2D eigenvalue weighted by Gasteiger charge is 2.12. The number of benzene rings is 1. The Balaban J connectivity index is 1.41. The van der Waals surface area contributed by atoms with E-state index in [1.54, 1.807) is 10.9 Å². The van der Waals surface area contributed by atoms with Gasteiger partial charge in [0.05, 0.1) is 25.0 Å². The Hall–Kier alpha value is -3.48. The fraction of sp³-hybridized carbons (Fsp3) is 0.158. The molecule has 4 aromatic rings. The van der Waals surface area contributed by atoms with Crippen molar-refractivity contribution in [3.05, 3.63) is 83.6 Å². The fourth-order valence-electron chi connectivity index (χ4n) is 2.80. The normalized spacial score (nSPS) is 11.0. The molecule has 0 atom stereocenters. The summed E-state index contributed by atoms with van der Waals surface area (Å²) >= 11 is 0. The first kappa shape index (κ1) is 16.0. The molecule has 1 amide bonds. The Bertz CT molecular complexity index is 1050. The predicted octanol–water partition coefficient (Wildman–Crippen LogP) is 2.21. The van der Waals surface area contributed by atoms with Crippen molar-refractivity contribution >= 4 is 11.6 Å². The second-order valence-corrected chi connectivity index (χ2v) is 6.10. The number of nitrogens with one attached hydrogen (secondary N) is 1. The van der Waals surface area contributed by atoms with E-state index in [0.29, 0.717) is 18.8 Å². The van der Waals surface area contributed by atoms with Crippen LogP contribution in [0, 0.1) is 6.92 Å². The largest absolute Gasteiger partial charge is 0.345 e. The van der Waals surface area contributed by atoms with Crippen LogP contribution >= 0.6 is 0 Å². The molecule has 3 aromatic heterocycles. The van der Waals surface area contributed by atoms with Crippen LogP contribution < -0.4 is 5.32 Å². The lowest BCUT2D eigenvalue weighted by atomic mass is 10.2. The van der Waals surface area contributed by atoms with Crippen molar-refractivity contribution < 1.29 is 4.79 Å². The Morgan fingerprint density at radius 1 is 1.08 bits per heavy atom. The molecule has 0 aliphatic rings. The third-order valence-electron chi connectivity index (χ3n) is 4.13. The molecule has 0 unspecified atom stereocenters. The maximum Gasteiger partial charge on any atom is 0.273 e. The van der Waals surface area contributed by atoms with Crippen LogP contribution in [0.4, 0.5) is 0 Å². The average molecular weight is 346 g/mol. The Morgan fingerprint density at radius 2 is 1.92 bits per heavy atom. The zero-order chi connectivity index (χ0) is 17.9. The minimum Gasteiger partial charge on any atom is -0.345 e. The van der Waals surface area contributed by atoms with Crippen molar-refractivity contribution in [2.75, 3.05) is 0 Å². The average Bonchev–Trinajstić information content (AvgIpc) is 3.28. The number of carbonyl (C=O) groups excluding carboxylic acids is 1. The van der Waals surface area contributed by atoms with Crippen LogP contribution in [0.15, 0.2) is 60.9 Å². The number of aryl methyl sites for hydroxylation is 1. The molecule has 7 heteroatoms. The molecular formula is C19H18N6O. The van der Waals surface area contributed by atoms with E-state index < -0.39 is 0 Å².